The molecule has 0 aliphatic rings. The summed E-state index contributed by atoms with van der Waals surface area (Å²) < 4.78 is 16.4. The summed E-state index contributed by atoms with van der Waals surface area (Å²) in [5.41, 5.74) is 1.42. The minimum absolute atomic E-state index is 0.274. The Balaban J connectivity index is 1.64. The molecule has 0 saturated carbocycles. The molecule has 1 amide bonds. The van der Waals surface area contributed by atoms with Crippen LogP contribution in [0.15, 0.2) is 42.5 Å². The number of hydrogen-bond donors (Lipinski definition) is 1. The van der Waals surface area contributed by atoms with E-state index in [0.29, 0.717) is 41.7 Å². The Kier molecular flexibility index (Phi) is 13.3. The van der Waals surface area contributed by atoms with Crippen LogP contribution in [0.25, 0.3) is 0 Å². The molecule has 0 aliphatic carbocycles. The highest BCUT2D eigenvalue weighted by atomic mass is 16.5. The molecular weight excluding hydrogens is 506 g/mol. The number of nitrogens with zero attached hydrogens (tertiary/aromatic N) is 4. The standard InChI is InChI=1S/C31H45N5O4/c1-5-6-7-8-9-10-11-12-13-17-20-36-34-30(33-35-36)26(21-24-18-15-14-16-19-24)31(37)32-29-27(39-3)22-25(38-2)23-28(29)40-4/h14-16,18-19,22-23,26H,5-13,17,20-21H2,1-4H3,(H,32,37)/t26-/m0/s1. The van der Waals surface area contributed by atoms with Crippen molar-refractivity contribution >= 4 is 11.6 Å². The molecule has 1 aromatic heterocycles. The molecule has 1 N–H and O–H groups in total. The number of unbranched alkanes of at least 4 members (excludes halogenated alkanes) is 9. The second-order valence-corrected chi connectivity index (χ2v) is 10.1. The van der Waals surface area contributed by atoms with E-state index in [4.69, 9.17) is 14.2 Å². The van der Waals surface area contributed by atoms with Crippen LogP contribution in [0.2, 0.25) is 0 Å². The lowest BCUT2D eigenvalue weighted by molar-refractivity contribution is -0.117. The highest BCUT2D eigenvalue weighted by Gasteiger charge is 2.28. The van der Waals surface area contributed by atoms with Gasteiger partial charge in [0, 0.05) is 12.1 Å². The number of hydrogen-bond acceptors (Lipinski definition) is 7. The summed E-state index contributed by atoms with van der Waals surface area (Å²) in [4.78, 5) is 15.3. The lowest BCUT2D eigenvalue weighted by atomic mass is 9.97. The maximum Gasteiger partial charge on any atom is 0.235 e. The quantitative estimate of drug-likeness (QED) is 0.168. The van der Waals surface area contributed by atoms with E-state index in [9.17, 15) is 4.79 Å². The van der Waals surface area contributed by atoms with E-state index in [1.165, 1.54) is 65.6 Å². The minimum atomic E-state index is -0.652. The van der Waals surface area contributed by atoms with Crippen molar-refractivity contribution < 1.29 is 19.0 Å². The van der Waals surface area contributed by atoms with Crippen LogP contribution < -0.4 is 19.5 Å². The van der Waals surface area contributed by atoms with Gasteiger partial charge in [0.25, 0.3) is 0 Å². The van der Waals surface area contributed by atoms with Gasteiger partial charge in [-0.2, -0.15) is 4.80 Å². The highest BCUT2D eigenvalue weighted by molar-refractivity contribution is 5.98. The summed E-state index contributed by atoms with van der Waals surface area (Å²) in [6.07, 6.45) is 13.1. The molecule has 9 nitrogen and oxygen atoms in total. The first-order chi connectivity index (χ1) is 19.6. The molecule has 1 atom stereocenters. The second-order valence-electron chi connectivity index (χ2n) is 10.1. The highest BCUT2D eigenvalue weighted by Crippen LogP contribution is 2.39. The van der Waals surface area contributed by atoms with Crippen molar-refractivity contribution in [3.05, 3.63) is 53.9 Å². The van der Waals surface area contributed by atoms with Crippen LogP contribution in [0.5, 0.6) is 17.2 Å². The first-order valence-electron chi connectivity index (χ1n) is 14.5. The van der Waals surface area contributed by atoms with Crippen LogP contribution in [0.3, 0.4) is 0 Å². The van der Waals surface area contributed by atoms with Gasteiger partial charge >= 0.3 is 0 Å². The molecule has 0 bridgehead atoms. The summed E-state index contributed by atoms with van der Waals surface area (Å²) in [6.45, 7) is 2.94. The number of aryl methyl sites for hydroxylation is 1. The summed E-state index contributed by atoms with van der Waals surface area (Å²) >= 11 is 0. The summed E-state index contributed by atoms with van der Waals surface area (Å²) in [6, 6.07) is 13.2. The SMILES string of the molecule is CCCCCCCCCCCCn1nnc([C@H](Cc2ccccc2)C(=O)Nc2c(OC)cc(OC)cc2OC)n1. The Hall–Kier alpha value is -3.62. The fraction of sp³-hybridized carbons (Fsp3) is 0.548. The van der Waals surface area contributed by atoms with Crippen molar-refractivity contribution in [3.63, 3.8) is 0 Å². The van der Waals surface area contributed by atoms with Gasteiger partial charge in [-0.1, -0.05) is 95.0 Å². The molecule has 9 heteroatoms. The van der Waals surface area contributed by atoms with Crippen LogP contribution in [0.1, 0.15) is 88.4 Å². The molecule has 0 radical (unpaired) electrons. The number of ether oxygens (including phenoxy) is 3. The van der Waals surface area contributed by atoms with Gasteiger partial charge in [0.2, 0.25) is 5.91 Å². The van der Waals surface area contributed by atoms with E-state index in [1.807, 2.05) is 30.3 Å². The van der Waals surface area contributed by atoms with E-state index in [1.54, 1.807) is 24.0 Å². The Bertz CT molecular complexity index is 1130. The van der Waals surface area contributed by atoms with Crippen molar-refractivity contribution in [2.45, 2.75) is 90.0 Å². The van der Waals surface area contributed by atoms with Crippen molar-refractivity contribution in [1.29, 1.82) is 0 Å². The summed E-state index contributed by atoms with van der Waals surface area (Å²) in [5, 5.41) is 16.1. The van der Waals surface area contributed by atoms with Gasteiger partial charge in [-0.25, -0.2) is 0 Å². The third-order valence-electron chi connectivity index (χ3n) is 7.05. The van der Waals surface area contributed by atoms with Crippen molar-refractivity contribution in [1.82, 2.24) is 20.2 Å². The number of tetrazole rings is 1. The molecular formula is C31H45N5O4. The average Bonchev–Trinajstić information content (AvgIpc) is 3.45. The zero-order valence-corrected chi connectivity index (χ0v) is 24.5. The Morgan fingerprint density at radius 1 is 0.850 bits per heavy atom. The van der Waals surface area contributed by atoms with Crippen molar-refractivity contribution in [2.24, 2.45) is 0 Å². The van der Waals surface area contributed by atoms with E-state index in [0.717, 1.165) is 18.4 Å². The zero-order valence-electron chi connectivity index (χ0n) is 24.5. The number of aromatic nitrogens is 4. The molecule has 1 heterocycles. The summed E-state index contributed by atoms with van der Waals surface area (Å²) in [7, 11) is 4.63. The van der Waals surface area contributed by atoms with Crippen LogP contribution in [0.4, 0.5) is 5.69 Å². The van der Waals surface area contributed by atoms with Crippen LogP contribution in [0, 0.1) is 0 Å². The third-order valence-corrected chi connectivity index (χ3v) is 7.05. The monoisotopic (exact) mass is 551 g/mol. The molecule has 0 spiro atoms. The first-order valence-corrected chi connectivity index (χ1v) is 14.5. The van der Waals surface area contributed by atoms with Gasteiger partial charge < -0.3 is 19.5 Å². The molecule has 218 valence electrons. The number of methoxy groups -OCH3 is 3. The molecule has 40 heavy (non-hydrogen) atoms. The van der Waals surface area contributed by atoms with E-state index in [2.05, 4.69) is 27.7 Å². The number of rotatable bonds is 19. The van der Waals surface area contributed by atoms with Gasteiger partial charge in [-0.3, -0.25) is 4.79 Å². The van der Waals surface area contributed by atoms with Crippen LogP contribution in [-0.2, 0) is 17.8 Å². The average molecular weight is 552 g/mol. The molecule has 3 aromatic rings. The molecule has 0 aliphatic heterocycles. The van der Waals surface area contributed by atoms with Gasteiger partial charge in [0.05, 0.1) is 27.9 Å². The Morgan fingerprint density at radius 3 is 2.02 bits per heavy atom. The largest absolute Gasteiger partial charge is 0.496 e. The molecule has 3 rings (SSSR count). The second kappa shape index (κ2) is 17.2. The number of nitrogens with one attached hydrogen (secondary N) is 1. The Morgan fingerprint density at radius 2 is 1.45 bits per heavy atom. The zero-order chi connectivity index (χ0) is 28.6. The third kappa shape index (κ3) is 9.54. The Labute approximate surface area is 238 Å². The van der Waals surface area contributed by atoms with Crippen LogP contribution >= 0.6 is 0 Å². The van der Waals surface area contributed by atoms with Gasteiger partial charge in [0.15, 0.2) is 5.82 Å². The normalized spacial score (nSPS) is 11.7. The number of benzene rings is 2. The maximum atomic E-state index is 13.7. The number of amides is 1. The summed E-state index contributed by atoms with van der Waals surface area (Å²) in [5.74, 6) is 0.884. The van der Waals surface area contributed by atoms with E-state index in [-0.39, 0.29) is 5.91 Å². The van der Waals surface area contributed by atoms with Gasteiger partial charge in [-0.15, -0.1) is 10.2 Å². The molecule has 0 unspecified atom stereocenters. The predicted octanol–water partition coefficient (Wildman–Crippen LogP) is 6.58. The van der Waals surface area contributed by atoms with Gasteiger partial charge in [0.1, 0.15) is 28.9 Å². The van der Waals surface area contributed by atoms with Gasteiger partial charge in [-0.05, 0) is 23.6 Å². The topological polar surface area (TPSA) is 100 Å². The predicted molar refractivity (Wildman–Crippen MR) is 157 cm³/mol. The molecule has 0 saturated heterocycles. The maximum absolute atomic E-state index is 13.7. The fourth-order valence-electron chi connectivity index (χ4n) is 4.72. The lowest BCUT2D eigenvalue weighted by Gasteiger charge is -2.18. The van der Waals surface area contributed by atoms with Crippen molar-refractivity contribution in [2.75, 3.05) is 26.6 Å². The number of anilines is 1. The molecule has 2 aromatic carbocycles. The number of carbonyl (C=O) groups excluding carboxylic acids is 1. The smallest absolute Gasteiger partial charge is 0.235 e. The number of carbonyl (C=O) groups is 1. The minimum Gasteiger partial charge on any atom is -0.496 e. The van der Waals surface area contributed by atoms with E-state index < -0.39 is 5.92 Å². The first kappa shape index (κ1) is 30.9. The van der Waals surface area contributed by atoms with E-state index >= 15 is 0 Å². The fourth-order valence-corrected chi connectivity index (χ4v) is 4.72. The lowest BCUT2D eigenvalue weighted by Crippen LogP contribution is -2.25. The van der Waals surface area contributed by atoms with Crippen molar-refractivity contribution in [3.8, 4) is 17.2 Å². The van der Waals surface area contributed by atoms with Crippen LogP contribution in [-0.4, -0.2) is 47.4 Å². The molecule has 0 fully saturated rings.